The maximum Gasteiger partial charge on any atom is 0.149 e. The number of methoxy groups -OCH3 is 1. The Kier molecular flexibility index (Phi) is 7.06. The van der Waals surface area contributed by atoms with E-state index in [0.717, 1.165) is 24.6 Å². The van der Waals surface area contributed by atoms with E-state index in [2.05, 4.69) is 104 Å². The Morgan fingerprint density at radius 3 is 2.20 bits per heavy atom. The van der Waals surface area contributed by atoms with Crippen LogP contribution in [0, 0.1) is 6.92 Å². The lowest BCUT2D eigenvalue weighted by atomic mass is 9.82. The lowest BCUT2D eigenvalue weighted by molar-refractivity contribution is 0.0250. The predicted octanol–water partition coefficient (Wildman–Crippen LogP) is 7.55. The molecule has 5 rings (SSSR count). The molecule has 0 aromatic heterocycles. The van der Waals surface area contributed by atoms with Crippen LogP contribution in [0.3, 0.4) is 0 Å². The van der Waals surface area contributed by atoms with E-state index in [0.29, 0.717) is 0 Å². The van der Waals surface area contributed by atoms with Crippen LogP contribution in [0.1, 0.15) is 54.4 Å². The van der Waals surface area contributed by atoms with Gasteiger partial charge in [0.15, 0.2) is 0 Å². The number of hydrogen-bond acceptors (Lipinski definition) is 3. The fourth-order valence-electron chi connectivity index (χ4n) is 5.42. The highest BCUT2D eigenvalue weighted by atomic mass is 16.5. The number of benzene rings is 4. The highest BCUT2D eigenvalue weighted by molar-refractivity contribution is 5.87. The Bertz CT molecular complexity index is 1270. The third-order valence-corrected chi connectivity index (χ3v) is 7.33. The van der Waals surface area contributed by atoms with Crippen molar-refractivity contribution in [3.8, 4) is 11.5 Å². The summed E-state index contributed by atoms with van der Waals surface area (Å²) in [5.41, 5.74) is 4.89. The minimum atomic E-state index is 0.0375. The smallest absolute Gasteiger partial charge is 0.149 e. The van der Waals surface area contributed by atoms with Crippen molar-refractivity contribution in [2.75, 3.05) is 20.2 Å². The molecule has 1 aliphatic rings. The molecule has 1 fully saturated rings. The summed E-state index contributed by atoms with van der Waals surface area (Å²) in [6, 6.07) is 30.3. The van der Waals surface area contributed by atoms with Crippen LogP contribution < -0.4 is 9.47 Å². The van der Waals surface area contributed by atoms with E-state index in [1.165, 1.54) is 52.3 Å². The van der Waals surface area contributed by atoms with Gasteiger partial charge in [-0.05, 0) is 66.3 Å². The Morgan fingerprint density at radius 2 is 1.43 bits per heavy atom. The fraction of sp³-hybridized carbons (Fsp3) is 0.312. The van der Waals surface area contributed by atoms with Gasteiger partial charge in [-0.15, -0.1) is 0 Å². The summed E-state index contributed by atoms with van der Waals surface area (Å²) < 4.78 is 12.3. The summed E-state index contributed by atoms with van der Waals surface area (Å²) in [5, 5.41) is 2.52. The van der Waals surface area contributed by atoms with E-state index in [1.54, 1.807) is 7.11 Å². The lowest BCUT2D eigenvalue weighted by Gasteiger charge is -2.34. The molecule has 3 heteroatoms. The number of nitrogens with zero attached hydrogens (tertiary/aromatic N) is 1. The van der Waals surface area contributed by atoms with E-state index in [4.69, 9.17) is 9.47 Å². The zero-order valence-electron chi connectivity index (χ0n) is 21.0. The van der Waals surface area contributed by atoms with Crippen molar-refractivity contribution in [1.82, 2.24) is 4.90 Å². The number of ether oxygens (including phenoxy) is 2. The lowest BCUT2D eigenvalue weighted by Crippen LogP contribution is -2.41. The maximum atomic E-state index is 6.80. The summed E-state index contributed by atoms with van der Waals surface area (Å²) in [6.45, 7) is 6.57. The van der Waals surface area contributed by atoms with Crippen molar-refractivity contribution in [1.29, 1.82) is 0 Å². The molecule has 2 atom stereocenters. The molecule has 1 saturated heterocycles. The van der Waals surface area contributed by atoms with Gasteiger partial charge in [-0.3, -0.25) is 4.90 Å². The minimum Gasteiger partial charge on any atom is -0.497 e. The van der Waals surface area contributed by atoms with Gasteiger partial charge in [-0.25, -0.2) is 0 Å². The molecule has 0 saturated carbocycles. The van der Waals surface area contributed by atoms with Crippen molar-refractivity contribution >= 4 is 10.8 Å². The second-order valence-corrected chi connectivity index (χ2v) is 9.58. The average Bonchev–Trinajstić information content (AvgIpc) is 2.91. The molecule has 0 N–H and O–H groups in total. The van der Waals surface area contributed by atoms with E-state index < -0.39 is 0 Å². The molecule has 1 aliphatic heterocycles. The summed E-state index contributed by atoms with van der Waals surface area (Å²) in [7, 11) is 1.71. The summed E-state index contributed by atoms with van der Waals surface area (Å²) in [4.78, 5) is 2.47. The number of fused-ring (bicyclic) bond motifs is 1. The molecule has 0 spiro atoms. The molecule has 1 heterocycles. The van der Waals surface area contributed by atoms with Crippen molar-refractivity contribution in [3.05, 3.63) is 107 Å². The first-order chi connectivity index (χ1) is 17.2. The normalized spacial score (nSPS) is 16.1. The molecule has 180 valence electrons. The van der Waals surface area contributed by atoms with Gasteiger partial charge in [0.2, 0.25) is 0 Å². The van der Waals surface area contributed by atoms with E-state index in [1.807, 2.05) is 0 Å². The molecule has 2 unspecified atom stereocenters. The molecular weight excluding hydrogens is 430 g/mol. The molecule has 4 aromatic rings. The fourth-order valence-corrected chi connectivity index (χ4v) is 5.42. The van der Waals surface area contributed by atoms with Gasteiger partial charge in [0.05, 0.1) is 7.11 Å². The largest absolute Gasteiger partial charge is 0.497 e. The number of aryl methyl sites for hydroxylation is 1. The van der Waals surface area contributed by atoms with E-state index >= 15 is 0 Å². The summed E-state index contributed by atoms with van der Waals surface area (Å²) >= 11 is 0. The van der Waals surface area contributed by atoms with Gasteiger partial charge in [-0.1, -0.05) is 79.2 Å². The van der Waals surface area contributed by atoms with Crippen LogP contribution in [0.4, 0.5) is 0 Å². The van der Waals surface area contributed by atoms with Crippen LogP contribution >= 0.6 is 0 Å². The third-order valence-electron chi connectivity index (χ3n) is 7.33. The van der Waals surface area contributed by atoms with Crippen molar-refractivity contribution in [2.24, 2.45) is 0 Å². The zero-order valence-corrected chi connectivity index (χ0v) is 21.0. The van der Waals surface area contributed by atoms with Crippen LogP contribution in [0.15, 0.2) is 84.9 Å². The molecule has 4 aromatic carbocycles. The first-order valence-corrected chi connectivity index (χ1v) is 12.8. The summed E-state index contributed by atoms with van der Waals surface area (Å²) in [6.07, 6.45) is 3.86. The topological polar surface area (TPSA) is 21.7 Å². The van der Waals surface area contributed by atoms with E-state index in [9.17, 15) is 0 Å². The Labute approximate surface area is 209 Å². The number of likely N-dealkylation sites (tertiary alicyclic amines) is 1. The highest BCUT2D eigenvalue weighted by Crippen LogP contribution is 2.42. The zero-order chi connectivity index (χ0) is 24.2. The van der Waals surface area contributed by atoms with E-state index in [-0.39, 0.29) is 12.1 Å². The Morgan fingerprint density at radius 1 is 0.743 bits per heavy atom. The number of rotatable bonds is 7. The van der Waals surface area contributed by atoms with Crippen molar-refractivity contribution < 1.29 is 9.47 Å². The second-order valence-electron chi connectivity index (χ2n) is 9.58. The average molecular weight is 466 g/mol. The van der Waals surface area contributed by atoms with Crippen molar-refractivity contribution in [2.45, 2.75) is 45.3 Å². The second kappa shape index (κ2) is 10.5. The summed E-state index contributed by atoms with van der Waals surface area (Å²) in [5.74, 6) is 1.90. The standard InChI is InChI=1S/C32H35NO2/c1-23-11-9-16-30(32(23)35-24(2)33-21-7-4-8-22-33)31(26-17-19-27(34-3)20-18-26)29-15-10-13-25-12-5-6-14-28(25)29/h5-6,9-20,24,31H,4,7-8,21-22H2,1-3H3. The van der Waals surface area contributed by atoms with Crippen LogP contribution in [0.5, 0.6) is 11.5 Å². The molecule has 0 aliphatic carbocycles. The number of hydrogen-bond donors (Lipinski definition) is 0. The molecule has 0 bridgehead atoms. The highest BCUT2D eigenvalue weighted by Gasteiger charge is 2.26. The van der Waals surface area contributed by atoms with Gasteiger partial charge < -0.3 is 9.47 Å². The quantitative estimate of drug-likeness (QED) is 0.263. The minimum absolute atomic E-state index is 0.0375. The maximum absolute atomic E-state index is 6.80. The van der Waals surface area contributed by atoms with Crippen LogP contribution in [-0.2, 0) is 0 Å². The van der Waals surface area contributed by atoms with Gasteiger partial charge >= 0.3 is 0 Å². The third kappa shape index (κ3) is 4.92. The van der Waals surface area contributed by atoms with Crippen LogP contribution in [0.2, 0.25) is 0 Å². The van der Waals surface area contributed by atoms with Crippen molar-refractivity contribution in [3.63, 3.8) is 0 Å². The SMILES string of the molecule is COc1ccc(C(c2cccc(C)c2OC(C)N2CCCCC2)c2cccc3ccccc23)cc1. The number of piperidine rings is 1. The van der Waals surface area contributed by atoms with Gasteiger partial charge in [-0.2, -0.15) is 0 Å². The first-order valence-electron chi connectivity index (χ1n) is 12.8. The van der Waals surface area contributed by atoms with Crippen LogP contribution in [-0.4, -0.2) is 31.3 Å². The van der Waals surface area contributed by atoms with Gasteiger partial charge in [0.1, 0.15) is 17.7 Å². The predicted molar refractivity (Wildman–Crippen MR) is 145 cm³/mol. The Hall–Kier alpha value is -3.30. The molecule has 35 heavy (non-hydrogen) atoms. The van der Waals surface area contributed by atoms with Crippen LogP contribution in [0.25, 0.3) is 10.8 Å². The van der Waals surface area contributed by atoms with Gasteiger partial charge in [0.25, 0.3) is 0 Å². The Balaban J connectivity index is 1.65. The first kappa shape index (κ1) is 23.4. The monoisotopic (exact) mass is 465 g/mol. The number of para-hydroxylation sites is 1. The molecule has 3 nitrogen and oxygen atoms in total. The molecule has 0 radical (unpaired) electrons. The molecule has 0 amide bonds. The van der Waals surface area contributed by atoms with Gasteiger partial charge in [0, 0.05) is 24.6 Å². The molecular formula is C32H35NO2.